The molecule has 0 radical (unpaired) electrons. The van der Waals surface area contributed by atoms with Gasteiger partial charge in [0.25, 0.3) is 5.56 Å². The minimum Gasteiger partial charge on any atom is -0.348 e. The van der Waals surface area contributed by atoms with Crippen molar-refractivity contribution in [2.75, 3.05) is 27.2 Å². The second kappa shape index (κ2) is 8.75. The Labute approximate surface area is 194 Å². The summed E-state index contributed by atoms with van der Waals surface area (Å²) in [4.78, 5) is 47.4. The van der Waals surface area contributed by atoms with Gasteiger partial charge in [-0.15, -0.1) is 0 Å². The Morgan fingerprint density at radius 2 is 1.58 bits per heavy atom. The SMILES string of the molecule is CN(C)CCCN1C2=C(C(=O)CCC2)C(c2cc3ccccc3[nH]c2=O)C2=C1CCCC2=O. The van der Waals surface area contributed by atoms with Crippen molar-refractivity contribution in [1.82, 2.24) is 14.8 Å². The minimum atomic E-state index is -0.561. The van der Waals surface area contributed by atoms with Crippen LogP contribution in [-0.2, 0) is 9.59 Å². The molecule has 5 rings (SSSR count). The van der Waals surface area contributed by atoms with Crippen molar-refractivity contribution in [3.8, 4) is 0 Å². The molecule has 0 saturated heterocycles. The molecule has 0 atom stereocenters. The minimum absolute atomic E-state index is 0.0799. The van der Waals surface area contributed by atoms with Gasteiger partial charge >= 0.3 is 0 Å². The molecule has 6 nitrogen and oxygen atoms in total. The Morgan fingerprint density at radius 1 is 0.939 bits per heavy atom. The summed E-state index contributed by atoms with van der Waals surface area (Å²) in [6.07, 6.45) is 5.17. The number of carbonyl (C=O) groups is 2. The fraction of sp³-hybridized carbons (Fsp3) is 0.444. The largest absolute Gasteiger partial charge is 0.348 e. The molecular weight excluding hydrogens is 414 g/mol. The van der Waals surface area contributed by atoms with Gasteiger partial charge in [0.15, 0.2) is 11.6 Å². The summed E-state index contributed by atoms with van der Waals surface area (Å²) in [7, 11) is 4.11. The van der Waals surface area contributed by atoms with Crippen LogP contribution >= 0.6 is 0 Å². The van der Waals surface area contributed by atoms with E-state index in [-0.39, 0.29) is 17.1 Å². The summed E-state index contributed by atoms with van der Waals surface area (Å²) < 4.78 is 0. The molecule has 3 aliphatic rings. The molecule has 1 aromatic heterocycles. The first kappa shape index (κ1) is 21.8. The zero-order chi connectivity index (χ0) is 23.1. The lowest BCUT2D eigenvalue weighted by Gasteiger charge is -2.44. The van der Waals surface area contributed by atoms with Gasteiger partial charge in [0.05, 0.1) is 0 Å². The van der Waals surface area contributed by atoms with Gasteiger partial charge in [0.2, 0.25) is 0 Å². The number of carbonyl (C=O) groups excluding carboxylic acids is 2. The van der Waals surface area contributed by atoms with Gasteiger partial charge in [-0.3, -0.25) is 14.4 Å². The average Bonchev–Trinajstić information content (AvgIpc) is 2.79. The van der Waals surface area contributed by atoms with Crippen LogP contribution in [0.5, 0.6) is 0 Å². The Morgan fingerprint density at radius 3 is 2.21 bits per heavy atom. The summed E-state index contributed by atoms with van der Waals surface area (Å²) >= 11 is 0. The number of rotatable bonds is 5. The zero-order valence-electron chi connectivity index (χ0n) is 19.4. The van der Waals surface area contributed by atoms with Crippen molar-refractivity contribution in [2.24, 2.45) is 0 Å². The Bertz CT molecular complexity index is 1210. The standard InChI is InChI=1S/C27H31N3O3/c1-29(2)14-7-15-30-20-10-5-12-22(31)25(20)24(26-21(30)11-6-13-23(26)32)18-16-17-8-3-4-9-19(17)28-27(18)33/h3-4,8-9,16,24H,5-7,10-15H2,1-2H3,(H,28,33). The van der Waals surface area contributed by atoms with E-state index in [9.17, 15) is 14.4 Å². The zero-order valence-corrected chi connectivity index (χ0v) is 19.4. The van der Waals surface area contributed by atoms with Gasteiger partial charge in [0.1, 0.15) is 0 Å². The van der Waals surface area contributed by atoms with E-state index >= 15 is 0 Å². The monoisotopic (exact) mass is 445 g/mol. The third-order valence-electron chi connectivity index (χ3n) is 7.17. The summed E-state index contributed by atoms with van der Waals surface area (Å²) in [5.41, 5.74) is 4.51. The van der Waals surface area contributed by atoms with Crippen LogP contribution in [0.1, 0.15) is 56.4 Å². The highest BCUT2D eigenvalue weighted by atomic mass is 16.1. The van der Waals surface area contributed by atoms with Crippen LogP contribution < -0.4 is 5.56 Å². The molecule has 6 heteroatoms. The third kappa shape index (κ3) is 3.86. The number of pyridine rings is 1. The lowest BCUT2D eigenvalue weighted by atomic mass is 9.71. The number of benzene rings is 1. The Balaban J connectivity index is 1.71. The number of allylic oxidation sites excluding steroid dienone is 4. The topological polar surface area (TPSA) is 73.5 Å². The average molecular weight is 446 g/mol. The molecular formula is C27H31N3O3. The maximum atomic E-state index is 13.4. The number of nitrogens with zero attached hydrogens (tertiary/aromatic N) is 2. The second-order valence-corrected chi connectivity index (χ2v) is 9.66. The van der Waals surface area contributed by atoms with Crippen LogP contribution in [0.25, 0.3) is 10.9 Å². The van der Waals surface area contributed by atoms with E-state index in [4.69, 9.17) is 0 Å². The number of aromatic amines is 1. The molecule has 0 spiro atoms. The van der Waals surface area contributed by atoms with Gasteiger partial charge in [-0.1, -0.05) is 18.2 Å². The van der Waals surface area contributed by atoms with Crippen molar-refractivity contribution in [3.05, 3.63) is 68.8 Å². The highest BCUT2D eigenvalue weighted by Crippen LogP contribution is 2.48. The van der Waals surface area contributed by atoms with E-state index in [0.717, 1.165) is 67.5 Å². The van der Waals surface area contributed by atoms with Crippen LogP contribution in [0, 0.1) is 0 Å². The van der Waals surface area contributed by atoms with Gasteiger partial charge in [-0.25, -0.2) is 0 Å². The number of H-pyrrole nitrogens is 1. The number of fused-ring (bicyclic) bond motifs is 1. The number of Topliss-reactive ketones (excluding diaryl/α,β-unsaturated/α-hetero) is 2. The van der Waals surface area contributed by atoms with Crippen LogP contribution in [0.2, 0.25) is 0 Å². The number of hydrogen-bond acceptors (Lipinski definition) is 5. The van der Waals surface area contributed by atoms with Crippen LogP contribution in [0.4, 0.5) is 0 Å². The number of aromatic nitrogens is 1. The smallest absolute Gasteiger partial charge is 0.252 e. The molecule has 2 aliphatic carbocycles. The van der Waals surface area contributed by atoms with E-state index in [1.165, 1.54) is 0 Å². The van der Waals surface area contributed by atoms with Gasteiger partial charge in [-0.2, -0.15) is 0 Å². The molecule has 2 heterocycles. The van der Waals surface area contributed by atoms with Gasteiger partial charge < -0.3 is 14.8 Å². The van der Waals surface area contributed by atoms with Gasteiger partial charge in [-0.05, 0) is 70.3 Å². The summed E-state index contributed by atoms with van der Waals surface area (Å²) in [5, 5.41) is 0.913. The third-order valence-corrected chi connectivity index (χ3v) is 7.17. The van der Waals surface area contributed by atoms with Crippen molar-refractivity contribution in [2.45, 2.75) is 50.9 Å². The quantitative estimate of drug-likeness (QED) is 0.756. The Hall–Kier alpha value is -2.99. The molecule has 33 heavy (non-hydrogen) atoms. The predicted molar refractivity (Wildman–Crippen MR) is 129 cm³/mol. The first-order valence-corrected chi connectivity index (χ1v) is 12.0. The summed E-state index contributed by atoms with van der Waals surface area (Å²) in [6.45, 7) is 1.73. The molecule has 172 valence electrons. The first-order valence-electron chi connectivity index (χ1n) is 12.0. The summed E-state index contributed by atoms with van der Waals surface area (Å²) in [6, 6.07) is 9.55. The number of ketones is 2. The number of para-hydroxylation sites is 1. The fourth-order valence-corrected chi connectivity index (χ4v) is 5.72. The number of nitrogens with one attached hydrogen (secondary N) is 1. The Kier molecular flexibility index (Phi) is 5.79. The van der Waals surface area contributed by atoms with Crippen molar-refractivity contribution < 1.29 is 9.59 Å². The highest BCUT2D eigenvalue weighted by molar-refractivity contribution is 6.06. The van der Waals surface area contributed by atoms with Crippen LogP contribution in [-0.4, -0.2) is 53.5 Å². The van der Waals surface area contributed by atoms with Crippen molar-refractivity contribution in [3.63, 3.8) is 0 Å². The second-order valence-electron chi connectivity index (χ2n) is 9.66. The fourth-order valence-electron chi connectivity index (χ4n) is 5.72. The first-order chi connectivity index (χ1) is 16.0. The molecule has 0 bridgehead atoms. The normalized spacial score (nSPS) is 19.5. The van der Waals surface area contributed by atoms with Crippen molar-refractivity contribution in [1.29, 1.82) is 0 Å². The molecule has 0 unspecified atom stereocenters. The lowest BCUT2D eigenvalue weighted by Crippen LogP contribution is -2.41. The molecule has 1 N–H and O–H groups in total. The molecule has 0 fully saturated rings. The van der Waals surface area contributed by atoms with Crippen LogP contribution in [0.3, 0.4) is 0 Å². The number of hydrogen-bond donors (Lipinski definition) is 1. The van der Waals surface area contributed by atoms with E-state index < -0.39 is 5.92 Å². The van der Waals surface area contributed by atoms with E-state index in [0.29, 0.717) is 29.6 Å². The lowest BCUT2D eigenvalue weighted by molar-refractivity contribution is -0.117. The maximum absolute atomic E-state index is 13.4. The van der Waals surface area contributed by atoms with E-state index in [1.807, 2.05) is 30.3 Å². The van der Waals surface area contributed by atoms with Crippen molar-refractivity contribution >= 4 is 22.5 Å². The molecule has 1 aliphatic heterocycles. The van der Waals surface area contributed by atoms with Crippen LogP contribution in [0.15, 0.2) is 57.7 Å². The molecule has 0 saturated carbocycles. The van der Waals surface area contributed by atoms with Gasteiger partial charge in [0, 0.05) is 58.9 Å². The summed E-state index contributed by atoms with van der Waals surface area (Å²) in [5.74, 6) is -0.401. The maximum Gasteiger partial charge on any atom is 0.252 e. The molecule has 0 amide bonds. The predicted octanol–water partition coefficient (Wildman–Crippen LogP) is 3.89. The highest BCUT2D eigenvalue weighted by Gasteiger charge is 2.44. The van der Waals surface area contributed by atoms with E-state index in [1.54, 1.807) is 0 Å². The van der Waals surface area contributed by atoms with E-state index in [2.05, 4.69) is 28.9 Å². The molecule has 2 aromatic rings. The molecule has 1 aromatic carbocycles.